The molecular weight excluding hydrogens is 269 g/mol. The van der Waals surface area contributed by atoms with E-state index in [1.807, 2.05) is 32.0 Å². The van der Waals surface area contributed by atoms with Gasteiger partial charge >= 0.3 is 0 Å². The van der Waals surface area contributed by atoms with Crippen molar-refractivity contribution in [2.24, 2.45) is 0 Å². The van der Waals surface area contributed by atoms with Crippen LogP contribution in [0.25, 0.3) is 0 Å². The summed E-state index contributed by atoms with van der Waals surface area (Å²) in [5, 5.41) is 12.7. The van der Waals surface area contributed by atoms with Crippen LogP contribution >= 0.6 is 0 Å². The van der Waals surface area contributed by atoms with Crippen LogP contribution in [0.2, 0.25) is 0 Å². The number of aryl methyl sites for hydroxylation is 2. The van der Waals surface area contributed by atoms with Gasteiger partial charge in [0.2, 0.25) is 0 Å². The number of aliphatic hydroxyl groups excluding tert-OH is 1. The summed E-state index contributed by atoms with van der Waals surface area (Å²) in [4.78, 5) is 12.1. The second kappa shape index (κ2) is 6.50. The van der Waals surface area contributed by atoms with Crippen LogP contribution in [0.1, 0.15) is 33.2 Å². The summed E-state index contributed by atoms with van der Waals surface area (Å²) in [6.07, 6.45) is -0.861. The number of halogens is 1. The Balaban J connectivity index is 2.00. The third kappa shape index (κ3) is 3.89. The van der Waals surface area contributed by atoms with Crippen molar-refractivity contribution < 1.29 is 14.3 Å². The van der Waals surface area contributed by atoms with E-state index in [0.717, 1.165) is 11.1 Å². The molecule has 0 radical (unpaired) electrons. The van der Waals surface area contributed by atoms with Gasteiger partial charge in [-0.15, -0.1) is 0 Å². The predicted molar refractivity (Wildman–Crippen MR) is 79.6 cm³/mol. The molecular formula is C17H18FNO2. The standard InChI is InChI=1S/C17H18FNO2/c1-11-3-4-12(2)15(9-11)17(21)19-10-16(20)13-5-7-14(18)8-6-13/h3-9,16,20H,10H2,1-2H3,(H,19,21). The third-order valence-electron chi connectivity index (χ3n) is 3.35. The second-order valence-corrected chi connectivity index (χ2v) is 5.10. The zero-order valence-electron chi connectivity index (χ0n) is 12.1. The topological polar surface area (TPSA) is 49.3 Å². The molecule has 1 atom stereocenters. The van der Waals surface area contributed by atoms with E-state index in [2.05, 4.69) is 5.32 Å². The molecule has 0 aromatic heterocycles. The Morgan fingerprint density at radius 3 is 2.52 bits per heavy atom. The predicted octanol–water partition coefficient (Wildman–Crippen LogP) is 2.91. The lowest BCUT2D eigenvalue weighted by molar-refractivity contribution is 0.0915. The van der Waals surface area contributed by atoms with Gasteiger partial charge in [0.05, 0.1) is 6.10 Å². The van der Waals surface area contributed by atoms with Gasteiger partial charge in [-0.25, -0.2) is 4.39 Å². The maximum absolute atomic E-state index is 12.8. The lowest BCUT2D eigenvalue weighted by atomic mass is 10.0. The van der Waals surface area contributed by atoms with E-state index in [1.54, 1.807) is 0 Å². The van der Waals surface area contributed by atoms with Gasteiger partial charge < -0.3 is 10.4 Å². The van der Waals surface area contributed by atoms with Gasteiger partial charge in [0.15, 0.2) is 0 Å². The summed E-state index contributed by atoms with van der Waals surface area (Å²) >= 11 is 0. The monoisotopic (exact) mass is 287 g/mol. The van der Waals surface area contributed by atoms with Gasteiger partial charge in [-0.3, -0.25) is 4.79 Å². The van der Waals surface area contributed by atoms with Gasteiger partial charge in [-0.2, -0.15) is 0 Å². The fourth-order valence-corrected chi connectivity index (χ4v) is 2.07. The number of hydrogen-bond donors (Lipinski definition) is 2. The lowest BCUT2D eigenvalue weighted by Gasteiger charge is -2.13. The van der Waals surface area contributed by atoms with E-state index >= 15 is 0 Å². The van der Waals surface area contributed by atoms with Gasteiger partial charge in [0.25, 0.3) is 5.91 Å². The van der Waals surface area contributed by atoms with Crippen LogP contribution in [0.3, 0.4) is 0 Å². The first-order valence-corrected chi connectivity index (χ1v) is 6.76. The Morgan fingerprint density at radius 1 is 1.19 bits per heavy atom. The highest BCUT2D eigenvalue weighted by Gasteiger charge is 2.12. The molecule has 1 unspecified atom stereocenters. The van der Waals surface area contributed by atoms with E-state index in [9.17, 15) is 14.3 Å². The van der Waals surface area contributed by atoms with Crippen LogP contribution < -0.4 is 5.32 Å². The van der Waals surface area contributed by atoms with Gasteiger partial charge in [-0.05, 0) is 43.2 Å². The first-order valence-electron chi connectivity index (χ1n) is 6.76. The summed E-state index contributed by atoms with van der Waals surface area (Å²) in [6.45, 7) is 3.87. The van der Waals surface area contributed by atoms with Crippen LogP contribution in [0.5, 0.6) is 0 Å². The van der Waals surface area contributed by atoms with Crippen LogP contribution in [-0.4, -0.2) is 17.6 Å². The number of carbonyl (C=O) groups excluding carboxylic acids is 1. The molecule has 4 heteroatoms. The molecule has 2 rings (SSSR count). The Labute approximate surface area is 123 Å². The van der Waals surface area contributed by atoms with E-state index < -0.39 is 6.10 Å². The quantitative estimate of drug-likeness (QED) is 0.908. The largest absolute Gasteiger partial charge is 0.387 e. The highest BCUT2D eigenvalue weighted by Crippen LogP contribution is 2.14. The fourth-order valence-electron chi connectivity index (χ4n) is 2.07. The summed E-state index contributed by atoms with van der Waals surface area (Å²) in [5.74, 6) is -0.581. The van der Waals surface area contributed by atoms with Gasteiger partial charge in [0, 0.05) is 12.1 Å². The van der Waals surface area contributed by atoms with E-state index in [-0.39, 0.29) is 18.3 Å². The van der Waals surface area contributed by atoms with Crippen molar-refractivity contribution >= 4 is 5.91 Å². The minimum absolute atomic E-state index is 0.0812. The van der Waals surface area contributed by atoms with Crippen molar-refractivity contribution in [1.82, 2.24) is 5.32 Å². The van der Waals surface area contributed by atoms with Crippen LogP contribution in [0, 0.1) is 19.7 Å². The molecule has 2 N–H and O–H groups in total. The number of carbonyl (C=O) groups is 1. The lowest BCUT2D eigenvalue weighted by Crippen LogP contribution is -2.29. The number of rotatable bonds is 4. The second-order valence-electron chi connectivity index (χ2n) is 5.10. The molecule has 0 saturated carbocycles. The Kier molecular flexibility index (Phi) is 4.70. The summed E-state index contributed by atoms with van der Waals surface area (Å²) < 4.78 is 12.8. The molecule has 2 aromatic rings. The molecule has 0 spiro atoms. The molecule has 1 amide bonds. The molecule has 3 nitrogen and oxygen atoms in total. The molecule has 0 fully saturated rings. The third-order valence-corrected chi connectivity index (χ3v) is 3.35. The minimum Gasteiger partial charge on any atom is -0.387 e. The van der Waals surface area contributed by atoms with Crippen LogP contribution in [-0.2, 0) is 0 Å². The number of amides is 1. The molecule has 21 heavy (non-hydrogen) atoms. The van der Waals surface area contributed by atoms with Crippen molar-refractivity contribution in [2.45, 2.75) is 20.0 Å². The average molecular weight is 287 g/mol. The molecule has 0 aliphatic rings. The van der Waals surface area contributed by atoms with Crippen molar-refractivity contribution in [3.63, 3.8) is 0 Å². The average Bonchev–Trinajstić information content (AvgIpc) is 2.47. The normalized spacial score (nSPS) is 12.0. The van der Waals surface area contributed by atoms with Crippen LogP contribution in [0.4, 0.5) is 4.39 Å². The van der Waals surface area contributed by atoms with Gasteiger partial charge in [-0.1, -0.05) is 29.8 Å². The number of hydrogen-bond acceptors (Lipinski definition) is 2. The summed E-state index contributed by atoms with van der Waals surface area (Å²) in [5.41, 5.74) is 3.05. The zero-order chi connectivity index (χ0) is 15.4. The Hall–Kier alpha value is -2.20. The van der Waals surface area contributed by atoms with Crippen LogP contribution in [0.15, 0.2) is 42.5 Å². The summed E-state index contributed by atoms with van der Waals surface area (Å²) in [6, 6.07) is 11.2. The first-order chi connectivity index (χ1) is 9.97. The van der Waals surface area contributed by atoms with Crippen molar-refractivity contribution in [3.8, 4) is 0 Å². The first kappa shape index (κ1) is 15.2. The number of benzene rings is 2. The minimum atomic E-state index is -0.861. The molecule has 2 aromatic carbocycles. The van der Waals surface area contributed by atoms with E-state index in [0.29, 0.717) is 11.1 Å². The highest BCUT2D eigenvalue weighted by molar-refractivity contribution is 5.95. The highest BCUT2D eigenvalue weighted by atomic mass is 19.1. The fraction of sp³-hybridized carbons (Fsp3) is 0.235. The Morgan fingerprint density at radius 2 is 1.86 bits per heavy atom. The summed E-state index contributed by atoms with van der Waals surface area (Å²) in [7, 11) is 0. The molecule has 0 aliphatic heterocycles. The van der Waals surface area contributed by atoms with Crippen molar-refractivity contribution in [1.29, 1.82) is 0 Å². The number of nitrogens with one attached hydrogen (secondary N) is 1. The number of aliphatic hydroxyl groups is 1. The SMILES string of the molecule is Cc1ccc(C)c(C(=O)NCC(O)c2ccc(F)cc2)c1. The molecule has 0 saturated heterocycles. The van der Waals surface area contributed by atoms with Crippen molar-refractivity contribution in [3.05, 3.63) is 70.5 Å². The van der Waals surface area contributed by atoms with E-state index in [4.69, 9.17) is 0 Å². The molecule has 0 aliphatic carbocycles. The smallest absolute Gasteiger partial charge is 0.251 e. The van der Waals surface area contributed by atoms with E-state index in [1.165, 1.54) is 24.3 Å². The van der Waals surface area contributed by atoms with Crippen molar-refractivity contribution in [2.75, 3.05) is 6.54 Å². The zero-order valence-corrected chi connectivity index (χ0v) is 12.1. The van der Waals surface area contributed by atoms with Gasteiger partial charge in [0.1, 0.15) is 5.82 Å². The Bertz CT molecular complexity index is 638. The maximum Gasteiger partial charge on any atom is 0.251 e. The molecule has 0 heterocycles. The maximum atomic E-state index is 12.8. The molecule has 0 bridgehead atoms. The molecule has 110 valence electrons.